The summed E-state index contributed by atoms with van der Waals surface area (Å²) in [6.45, 7) is 2.02. The van der Waals surface area contributed by atoms with Crippen molar-refractivity contribution in [3.63, 3.8) is 0 Å². The first-order valence-electron chi connectivity index (χ1n) is 10.3. The Morgan fingerprint density at radius 3 is 2.43 bits per heavy atom. The van der Waals surface area contributed by atoms with Crippen molar-refractivity contribution in [2.24, 2.45) is 0 Å². The molecule has 6 nitrogen and oxygen atoms in total. The Balaban J connectivity index is 1.36. The second kappa shape index (κ2) is 7.80. The number of rotatable bonds is 3. The quantitative estimate of drug-likeness (QED) is 0.619. The summed E-state index contributed by atoms with van der Waals surface area (Å²) in [6, 6.07) is 11.2. The molecule has 2 aromatic carbocycles. The van der Waals surface area contributed by atoms with Crippen LogP contribution in [0.25, 0.3) is 10.9 Å². The minimum atomic E-state index is -3.49. The molecule has 0 unspecified atom stereocenters. The standard InChI is InChI=1S/C22H23ClN4O2S/c23-18-6-8-20-21(14-18)24-15-25-22(20)26-9-11-27(12-10-26)30(28,29)19-7-5-16-3-1-2-4-17(16)13-19/h5-8,13-15H,1-4,9-12H2. The van der Waals surface area contributed by atoms with E-state index in [-0.39, 0.29) is 0 Å². The normalized spacial score (nSPS) is 17.8. The van der Waals surface area contributed by atoms with Crippen LogP contribution in [0.1, 0.15) is 24.0 Å². The Morgan fingerprint density at radius 2 is 1.63 bits per heavy atom. The van der Waals surface area contributed by atoms with Gasteiger partial charge in [-0.2, -0.15) is 4.31 Å². The Morgan fingerprint density at radius 1 is 0.867 bits per heavy atom. The fourth-order valence-corrected chi connectivity index (χ4v) is 6.07. The largest absolute Gasteiger partial charge is 0.353 e. The molecule has 1 aliphatic heterocycles. The van der Waals surface area contributed by atoms with Gasteiger partial charge in [-0.25, -0.2) is 18.4 Å². The van der Waals surface area contributed by atoms with Crippen LogP contribution in [0.4, 0.5) is 5.82 Å². The number of halogens is 1. The highest BCUT2D eigenvalue weighted by atomic mass is 35.5. The molecule has 0 spiro atoms. The van der Waals surface area contributed by atoms with Gasteiger partial charge in [-0.1, -0.05) is 17.7 Å². The third-order valence-electron chi connectivity index (χ3n) is 6.07. The Labute approximate surface area is 181 Å². The molecule has 0 N–H and O–H groups in total. The number of hydrogen-bond donors (Lipinski definition) is 0. The number of fused-ring (bicyclic) bond motifs is 2. The summed E-state index contributed by atoms with van der Waals surface area (Å²) in [4.78, 5) is 11.3. The summed E-state index contributed by atoms with van der Waals surface area (Å²) in [6.07, 6.45) is 5.87. The second-order valence-corrected chi connectivity index (χ2v) is 10.3. The van der Waals surface area contributed by atoms with Gasteiger partial charge in [0.25, 0.3) is 0 Å². The van der Waals surface area contributed by atoms with E-state index in [9.17, 15) is 8.42 Å². The summed E-state index contributed by atoms with van der Waals surface area (Å²) in [5.41, 5.74) is 3.27. The van der Waals surface area contributed by atoms with Crippen molar-refractivity contribution >= 4 is 38.3 Å². The van der Waals surface area contributed by atoms with Gasteiger partial charge in [0.15, 0.2) is 0 Å². The summed E-state index contributed by atoms with van der Waals surface area (Å²) >= 11 is 6.08. The van der Waals surface area contributed by atoms with Gasteiger partial charge >= 0.3 is 0 Å². The van der Waals surface area contributed by atoms with Crippen molar-refractivity contribution in [2.75, 3.05) is 31.1 Å². The zero-order chi connectivity index (χ0) is 20.7. The van der Waals surface area contributed by atoms with Crippen molar-refractivity contribution in [3.8, 4) is 0 Å². The second-order valence-electron chi connectivity index (χ2n) is 7.89. The number of piperazine rings is 1. The molecule has 0 saturated carbocycles. The lowest BCUT2D eigenvalue weighted by molar-refractivity contribution is 0.384. The zero-order valence-electron chi connectivity index (χ0n) is 16.6. The lowest BCUT2D eigenvalue weighted by Crippen LogP contribution is -2.49. The van der Waals surface area contributed by atoms with E-state index in [2.05, 4.69) is 14.9 Å². The number of sulfonamides is 1. The maximum Gasteiger partial charge on any atom is 0.243 e. The molecular formula is C22H23ClN4O2S. The predicted octanol–water partition coefficient (Wildman–Crippen LogP) is 3.67. The molecule has 2 aliphatic rings. The van der Waals surface area contributed by atoms with Gasteiger partial charge in [0.05, 0.1) is 10.4 Å². The summed E-state index contributed by atoms with van der Waals surface area (Å²) in [5, 5.41) is 1.56. The molecule has 0 bridgehead atoms. The van der Waals surface area contributed by atoms with Crippen molar-refractivity contribution in [1.29, 1.82) is 0 Å². The first kappa shape index (κ1) is 19.7. The molecule has 0 atom stereocenters. The molecule has 156 valence electrons. The van der Waals surface area contributed by atoms with Crippen LogP contribution < -0.4 is 4.90 Å². The maximum absolute atomic E-state index is 13.2. The topological polar surface area (TPSA) is 66.4 Å². The monoisotopic (exact) mass is 442 g/mol. The van der Waals surface area contributed by atoms with Crippen molar-refractivity contribution in [1.82, 2.24) is 14.3 Å². The lowest BCUT2D eigenvalue weighted by Gasteiger charge is -2.35. The average molecular weight is 443 g/mol. The molecule has 8 heteroatoms. The highest BCUT2D eigenvalue weighted by Crippen LogP contribution is 2.29. The van der Waals surface area contributed by atoms with E-state index in [0.29, 0.717) is 36.1 Å². The van der Waals surface area contributed by atoms with Gasteiger partial charge in [0.1, 0.15) is 12.1 Å². The van der Waals surface area contributed by atoms with Crippen molar-refractivity contribution < 1.29 is 8.42 Å². The van der Waals surface area contributed by atoms with Gasteiger partial charge in [-0.3, -0.25) is 0 Å². The molecule has 0 radical (unpaired) electrons. The molecule has 2 heterocycles. The van der Waals surface area contributed by atoms with Gasteiger partial charge in [-0.05, 0) is 67.1 Å². The van der Waals surface area contributed by atoms with Gasteiger partial charge in [-0.15, -0.1) is 0 Å². The number of benzene rings is 2. The van der Waals surface area contributed by atoms with E-state index >= 15 is 0 Å². The van der Waals surface area contributed by atoms with E-state index in [4.69, 9.17) is 11.6 Å². The molecule has 3 aromatic rings. The van der Waals surface area contributed by atoms with Crippen LogP contribution in [0.5, 0.6) is 0 Å². The van der Waals surface area contributed by atoms with Crippen molar-refractivity contribution in [3.05, 3.63) is 58.9 Å². The molecule has 0 amide bonds. The number of aromatic nitrogens is 2. The molecule has 1 aliphatic carbocycles. The Kier molecular flexibility index (Phi) is 5.13. The van der Waals surface area contributed by atoms with Crippen molar-refractivity contribution in [2.45, 2.75) is 30.6 Å². The third kappa shape index (κ3) is 3.55. The third-order valence-corrected chi connectivity index (χ3v) is 8.20. The van der Waals surface area contributed by atoms with Gasteiger partial charge in [0, 0.05) is 36.6 Å². The van der Waals surface area contributed by atoms with E-state index in [0.717, 1.165) is 36.0 Å². The van der Waals surface area contributed by atoms with Crippen LogP contribution in [0, 0.1) is 0 Å². The summed E-state index contributed by atoms with van der Waals surface area (Å²) in [5.74, 6) is 0.822. The highest BCUT2D eigenvalue weighted by Gasteiger charge is 2.30. The van der Waals surface area contributed by atoms with Crippen LogP contribution in [0.2, 0.25) is 5.02 Å². The molecule has 30 heavy (non-hydrogen) atoms. The fourth-order valence-electron chi connectivity index (χ4n) is 4.43. The van der Waals surface area contributed by atoms with E-state index < -0.39 is 10.0 Å². The van der Waals surface area contributed by atoms with E-state index in [1.165, 1.54) is 23.9 Å². The fraction of sp³-hybridized carbons (Fsp3) is 0.364. The number of aryl methyl sites for hydroxylation is 2. The molecule has 5 rings (SSSR count). The first-order valence-corrected chi connectivity index (χ1v) is 12.1. The van der Waals surface area contributed by atoms with Crippen LogP contribution in [0.3, 0.4) is 0 Å². The molecule has 1 aromatic heterocycles. The highest BCUT2D eigenvalue weighted by molar-refractivity contribution is 7.89. The Bertz CT molecular complexity index is 1210. The van der Waals surface area contributed by atoms with E-state index in [1.54, 1.807) is 10.4 Å². The molecular weight excluding hydrogens is 420 g/mol. The molecule has 1 saturated heterocycles. The van der Waals surface area contributed by atoms with Crippen LogP contribution in [0.15, 0.2) is 47.6 Å². The summed E-state index contributed by atoms with van der Waals surface area (Å²) in [7, 11) is -3.49. The zero-order valence-corrected chi connectivity index (χ0v) is 18.2. The lowest BCUT2D eigenvalue weighted by atomic mass is 9.92. The number of nitrogens with zero attached hydrogens (tertiary/aromatic N) is 4. The first-order chi connectivity index (χ1) is 14.5. The maximum atomic E-state index is 13.2. The van der Waals surface area contributed by atoms with Gasteiger partial charge < -0.3 is 4.90 Å². The Hall–Kier alpha value is -2.22. The SMILES string of the molecule is O=S(=O)(c1ccc2c(c1)CCCC2)N1CCN(c2ncnc3cc(Cl)ccc23)CC1. The van der Waals surface area contributed by atoms with E-state index in [1.807, 2.05) is 30.3 Å². The van der Waals surface area contributed by atoms with Crippen LogP contribution >= 0.6 is 11.6 Å². The number of anilines is 1. The van der Waals surface area contributed by atoms with Gasteiger partial charge in [0.2, 0.25) is 10.0 Å². The minimum absolute atomic E-state index is 0.415. The molecule has 1 fully saturated rings. The predicted molar refractivity (Wildman–Crippen MR) is 119 cm³/mol. The van der Waals surface area contributed by atoms with Crippen LogP contribution in [-0.4, -0.2) is 48.9 Å². The number of hydrogen-bond acceptors (Lipinski definition) is 5. The average Bonchev–Trinajstić information content (AvgIpc) is 2.78. The smallest absolute Gasteiger partial charge is 0.243 e. The minimum Gasteiger partial charge on any atom is -0.353 e. The van der Waals surface area contributed by atoms with Crippen LogP contribution in [-0.2, 0) is 22.9 Å². The summed E-state index contributed by atoms with van der Waals surface area (Å²) < 4.78 is 28.1.